The minimum Gasteiger partial charge on any atom is -0.454 e. The molecular weight excluding hydrogens is 226 g/mol. The SMILES string of the molecule is CNCn1cc(Oc2ccc(Cl)cc2)cn1. The number of hydrogen-bond acceptors (Lipinski definition) is 3. The summed E-state index contributed by atoms with van der Waals surface area (Å²) in [5.41, 5.74) is 0. The molecule has 0 aliphatic carbocycles. The van der Waals surface area contributed by atoms with Crippen LogP contribution in [0.25, 0.3) is 0 Å². The van der Waals surface area contributed by atoms with E-state index in [9.17, 15) is 0 Å². The average molecular weight is 238 g/mol. The Kier molecular flexibility index (Phi) is 3.44. The van der Waals surface area contributed by atoms with Crippen LogP contribution in [0.2, 0.25) is 5.02 Å². The van der Waals surface area contributed by atoms with Gasteiger partial charge in [-0.3, -0.25) is 4.68 Å². The topological polar surface area (TPSA) is 39.1 Å². The fraction of sp³-hybridized carbons (Fsp3) is 0.182. The van der Waals surface area contributed by atoms with Crippen molar-refractivity contribution in [2.75, 3.05) is 7.05 Å². The number of benzene rings is 1. The molecule has 0 aliphatic rings. The van der Waals surface area contributed by atoms with Crippen molar-refractivity contribution in [2.45, 2.75) is 6.67 Å². The largest absolute Gasteiger partial charge is 0.454 e. The molecule has 16 heavy (non-hydrogen) atoms. The van der Waals surface area contributed by atoms with E-state index in [0.29, 0.717) is 17.4 Å². The smallest absolute Gasteiger partial charge is 0.165 e. The first-order valence-corrected chi connectivity index (χ1v) is 5.26. The van der Waals surface area contributed by atoms with Gasteiger partial charge in [0.15, 0.2) is 5.75 Å². The molecule has 1 aromatic heterocycles. The Bertz CT molecular complexity index is 453. The van der Waals surface area contributed by atoms with Gasteiger partial charge in [0.05, 0.1) is 19.1 Å². The van der Waals surface area contributed by atoms with Gasteiger partial charge in [-0.25, -0.2) is 0 Å². The summed E-state index contributed by atoms with van der Waals surface area (Å²) >= 11 is 5.78. The van der Waals surface area contributed by atoms with E-state index in [4.69, 9.17) is 16.3 Å². The number of ether oxygens (including phenoxy) is 1. The van der Waals surface area contributed by atoms with Crippen molar-refractivity contribution in [1.29, 1.82) is 0 Å². The van der Waals surface area contributed by atoms with E-state index in [1.165, 1.54) is 0 Å². The van der Waals surface area contributed by atoms with Gasteiger partial charge in [0.2, 0.25) is 0 Å². The van der Waals surface area contributed by atoms with Crippen LogP contribution in [0, 0.1) is 0 Å². The van der Waals surface area contributed by atoms with E-state index in [0.717, 1.165) is 5.75 Å². The summed E-state index contributed by atoms with van der Waals surface area (Å²) in [5.74, 6) is 1.45. The monoisotopic (exact) mass is 237 g/mol. The Hall–Kier alpha value is -1.52. The molecule has 2 rings (SSSR count). The molecule has 0 unspecified atom stereocenters. The highest BCUT2D eigenvalue weighted by Gasteiger charge is 2.00. The third-order valence-electron chi connectivity index (χ3n) is 1.98. The summed E-state index contributed by atoms with van der Waals surface area (Å²) in [5, 5.41) is 7.81. The fourth-order valence-corrected chi connectivity index (χ4v) is 1.41. The van der Waals surface area contributed by atoms with E-state index in [1.807, 2.05) is 25.4 Å². The highest BCUT2D eigenvalue weighted by Crippen LogP contribution is 2.22. The molecule has 4 nitrogen and oxygen atoms in total. The number of hydrogen-bond donors (Lipinski definition) is 1. The van der Waals surface area contributed by atoms with E-state index < -0.39 is 0 Å². The third-order valence-corrected chi connectivity index (χ3v) is 2.23. The Morgan fingerprint density at radius 1 is 1.31 bits per heavy atom. The molecule has 0 saturated carbocycles. The Morgan fingerprint density at radius 2 is 2.06 bits per heavy atom. The molecule has 84 valence electrons. The zero-order valence-electron chi connectivity index (χ0n) is 8.85. The lowest BCUT2D eigenvalue weighted by molar-refractivity contribution is 0.479. The lowest BCUT2D eigenvalue weighted by Crippen LogP contribution is -2.12. The minimum atomic E-state index is 0.657. The second kappa shape index (κ2) is 5.01. The van der Waals surface area contributed by atoms with Crippen LogP contribution in [0.15, 0.2) is 36.7 Å². The van der Waals surface area contributed by atoms with Gasteiger partial charge in [-0.05, 0) is 31.3 Å². The van der Waals surface area contributed by atoms with Crippen LogP contribution in [0.1, 0.15) is 0 Å². The van der Waals surface area contributed by atoms with Crippen molar-refractivity contribution in [3.63, 3.8) is 0 Å². The molecular formula is C11H12ClN3O. The average Bonchev–Trinajstić information content (AvgIpc) is 2.70. The molecule has 0 aliphatic heterocycles. The molecule has 5 heteroatoms. The maximum absolute atomic E-state index is 5.78. The summed E-state index contributed by atoms with van der Waals surface area (Å²) in [7, 11) is 1.86. The molecule has 1 aromatic carbocycles. The Labute approximate surface area is 98.8 Å². The van der Waals surface area contributed by atoms with Crippen LogP contribution < -0.4 is 10.1 Å². The van der Waals surface area contributed by atoms with Crippen molar-refractivity contribution in [1.82, 2.24) is 15.1 Å². The van der Waals surface area contributed by atoms with Crippen molar-refractivity contribution < 1.29 is 4.74 Å². The summed E-state index contributed by atoms with van der Waals surface area (Å²) in [6, 6.07) is 7.21. The normalized spacial score (nSPS) is 10.4. The van der Waals surface area contributed by atoms with E-state index in [1.54, 1.807) is 23.0 Å². The third kappa shape index (κ3) is 2.74. The summed E-state index contributed by atoms with van der Waals surface area (Å²) < 4.78 is 7.35. The minimum absolute atomic E-state index is 0.657. The fourth-order valence-electron chi connectivity index (χ4n) is 1.28. The molecule has 0 bridgehead atoms. The lowest BCUT2D eigenvalue weighted by Gasteiger charge is -2.02. The van der Waals surface area contributed by atoms with Gasteiger partial charge in [0.1, 0.15) is 5.75 Å². The first kappa shape index (κ1) is 11.0. The highest BCUT2D eigenvalue weighted by atomic mass is 35.5. The van der Waals surface area contributed by atoms with Gasteiger partial charge in [-0.15, -0.1) is 0 Å². The molecule has 0 amide bonds. The van der Waals surface area contributed by atoms with Gasteiger partial charge < -0.3 is 10.1 Å². The zero-order valence-corrected chi connectivity index (χ0v) is 9.61. The molecule has 1 heterocycles. The highest BCUT2D eigenvalue weighted by molar-refractivity contribution is 6.30. The lowest BCUT2D eigenvalue weighted by atomic mass is 10.3. The molecule has 0 radical (unpaired) electrons. The van der Waals surface area contributed by atoms with Crippen LogP contribution in [0.3, 0.4) is 0 Å². The number of nitrogens with zero attached hydrogens (tertiary/aromatic N) is 2. The molecule has 0 atom stereocenters. The summed E-state index contributed by atoms with van der Waals surface area (Å²) in [4.78, 5) is 0. The van der Waals surface area contributed by atoms with Crippen molar-refractivity contribution in [3.05, 3.63) is 41.7 Å². The van der Waals surface area contributed by atoms with Crippen LogP contribution >= 0.6 is 11.6 Å². The quantitative estimate of drug-likeness (QED) is 0.888. The first-order chi connectivity index (χ1) is 7.78. The standard InChI is InChI=1S/C11H12ClN3O/c1-13-8-15-7-11(6-14-15)16-10-4-2-9(12)3-5-10/h2-7,13H,8H2,1H3. The molecule has 0 saturated heterocycles. The maximum Gasteiger partial charge on any atom is 0.165 e. The van der Waals surface area contributed by atoms with Gasteiger partial charge in [0.25, 0.3) is 0 Å². The van der Waals surface area contributed by atoms with Crippen LogP contribution in [0.4, 0.5) is 0 Å². The number of aromatic nitrogens is 2. The van der Waals surface area contributed by atoms with Crippen LogP contribution in [-0.4, -0.2) is 16.8 Å². The van der Waals surface area contributed by atoms with Gasteiger partial charge in [-0.1, -0.05) is 11.6 Å². The molecule has 0 fully saturated rings. The Balaban J connectivity index is 2.05. The predicted octanol–water partition coefficient (Wildman–Crippen LogP) is 2.51. The number of rotatable bonds is 4. The van der Waals surface area contributed by atoms with Gasteiger partial charge in [0, 0.05) is 5.02 Å². The second-order valence-corrected chi connectivity index (χ2v) is 3.72. The van der Waals surface area contributed by atoms with Crippen LogP contribution in [-0.2, 0) is 6.67 Å². The summed E-state index contributed by atoms with van der Waals surface area (Å²) in [6.07, 6.45) is 3.50. The second-order valence-electron chi connectivity index (χ2n) is 3.28. The van der Waals surface area contributed by atoms with Gasteiger partial charge >= 0.3 is 0 Å². The number of nitrogens with one attached hydrogen (secondary N) is 1. The Morgan fingerprint density at radius 3 is 2.75 bits per heavy atom. The zero-order chi connectivity index (χ0) is 11.4. The number of halogens is 1. The van der Waals surface area contributed by atoms with Gasteiger partial charge in [-0.2, -0.15) is 5.10 Å². The van der Waals surface area contributed by atoms with Crippen molar-refractivity contribution in [2.24, 2.45) is 0 Å². The van der Waals surface area contributed by atoms with E-state index in [2.05, 4.69) is 10.4 Å². The van der Waals surface area contributed by atoms with Crippen LogP contribution in [0.5, 0.6) is 11.5 Å². The first-order valence-electron chi connectivity index (χ1n) is 4.88. The van der Waals surface area contributed by atoms with E-state index in [-0.39, 0.29) is 0 Å². The van der Waals surface area contributed by atoms with Crippen molar-refractivity contribution >= 4 is 11.6 Å². The predicted molar refractivity (Wildman–Crippen MR) is 62.8 cm³/mol. The maximum atomic E-state index is 5.78. The molecule has 0 spiro atoms. The van der Waals surface area contributed by atoms with E-state index >= 15 is 0 Å². The molecule has 2 aromatic rings. The molecule has 1 N–H and O–H groups in total. The summed E-state index contributed by atoms with van der Waals surface area (Å²) in [6.45, 7) is 0.657. The van der Waals surface area contributed by atoms with Crippen molar-refractivity contribution in [3.8, 4) is 11.5 Å².